The van der Waals surface area contributed by atoms with Crippen molar-refractivity contribution in [2.75, 3.05) is 13.1 Å². The first kappa shape index (κ1) is 13.1. The van der Waals surface area contributed by atoms with Crippen LogP contribution in [0.4, 0.5) is 0 Å². The number of nitrogens with zero attached hydrogens (tertiary/aromatic N) is 5. The molecule has 20 heavy (non-hydrogen) atoms. The third kappa shape index (κ3) is 2.82. The van der Waals surface area contributed by atoms with Crippen molar-refractivity contribution in [1.82, 2.24) is 24.8 Å². The molecule has 0 aromatic carbocycles. The van der Waals surface area contributed by atoms with Gasteiger partial charge in [-0.25, -0.2) is 19.9 Å². The summed E-state index contributed by atoms with van der Waals surface area (Å²) in [5.74, 6) is 0.724. The molecule has 0 N–H and O–H groups in total. The van der Waals surface area contributed by atoms with Crippen molar-refractivity contribution in [3.8, 4) is 11.4 Å². The van der Waals surface area contributed by atoms with Gasteiger partial charge in [0, 0.05) is 31.7 Å². The molecule has 0 spiro atoms. The molecule has 0 bridgehead atoms. The van der Waals surface area contributed by atoms with Gasteiger partial charge in [0.25, 0.3) is 0 Å². The van der Waals surface area contributed by atoms with E-state index < -0.39 is 0 Å². The van der Waals surface area contributed by atoms with Gasteiger partial charge in [0.1, 0.15) is 6.33 Å². The van der Waals surface area contributed by atoms with Crippen molar-refractivity contribution < 1.29 is 0 Å². The van der Waals surface area contributed by atoms with E-state index in [1.807, 2.05) is 6.20 Å². The zero-order valence-electron chi connectivity index (χ0n) is 11.8. The fourth-order valence-electron chi connectivity index (χ4n) is 2.48. The quantitative estimate of drug-likeness (QED) is 0.850. The van der Waals surface area contributed by atoms with Crippen molar-refractivity contribution >= 4 is 0 Å². The maximum atomic E-state index is 4.71. The summed E-state index contributed by atoms with van der Waals surface area (Å²) < 4.78 is 0. The third-order valence-electron chi connectivity index (χ3n) is 3.67. The summed E-state index contributed by atoms with van der Waals surface area (Å²) in [4.78, 5) is 19.7. The highest BCUT2D eigenvalue weighted by atomic mass is 15.1. The van der Waals surface area contributed by atoms with Gasteiger partial charge in [-0.1, -0.05) is 13.3 Å². The monoisotopic (exact) mass is 269 g/mol. The van der Waals surface area contributed by atoms with Crippen LogP contribution in [0.1, 0.15) is 31.0 Å². The number of hydrogen-bond donors (Lipinski definition) is 0. The highest BCUT2D eigenvalue weighted by Gasteiger charge is 2.18. The lowest BCUT2D eigenvalue weighted by Gasteiger charge is -2.27. The molecule has 0 saturated carbocycles. The number of unbranched alkanes of at least 4 members (excludes halogenated alkanes) is 1. The van der Waals surface area contributed by atoms with Crippen molar-refractivity contribution in [2.24, 2.45) is 0 Å². The zero-order chi connectivity index (χ0) is 13.8. The molecule has 104 valence electrons. The highest BCUT2D eigenvalue weighted by molar-refractivity contribution is 5.52. The van der Waals surface area contributed by atoms with Gasteiger partial charge in [-0.15, -0.1) is 0 Å². The van der Waals surface area contributed by atoms with Crippen LogP contribution in [0.15, 0.2) is 24.9 Å². The summed E-state index contributed by atoms with van der Waals surface area (Å²) >= 11 is 0. The Hall–Kier alpha value is -1.88. The van der Waals surface area contributed by atoms with Gasteiger partial charge >= 0.3 is 0 Å². The van der Waals surface area contributed by atoms with Crippen LogP contribution in [0.25, 0.3) is 11.4 Å². The summed E-state index contributed by atoms with van der Waals surface area (Å²) in [5, 5.41) is 0. The second-order valence-corrected chi connectivity index (χ2v) is 5.17. The first-order valence-corrected chi connectivity index (χ1v) is 7.19. The zero-order valence-corrected chi connectivity index (χ0v) is 11.8. The lowest BCUT2D eigenvalue weighted by molar-refractivity contribution is 0.246. The molecule has 0 unspecified atom stereocenters. The molecule has 0 atom stereocenters. The Morgan fingerprint density at radius 3 is 2.85 bits per heavy atom. The van der Waals surface area contributed by atoms with Gasteiger partial charge in [0.2, 0.25) is 0 Å². The maximum absolute atomic E-state index is 4.71. The van der Waals surface area contributed by atoms with Crippen LogP contribution in [-0.2, 0) is 13.0 Å². The minimum atomic E-state index is 0.724. The maximum Gasteiger partial charge on any atom is 0.162 e. The van der Waals surface area contributed by atoms with E-state index in [2.05, 4.69) is 26.8 Å². The van der Waals surface area contributed by atoms with Crippen LogP contribution in [0, 0.1) is 0 Å². The lowest BCUT2D eigenvalue weighted by atomic mass is 10.1. The Morgan fingerprint density at radius 1 is 1.20 bits per heavy atom. The van der Waals surface area contributed by atoms with E-state index in [1.165, 1.54) is 24.7 Å². The molecule has 0 aliphatic carbocycles. The molecule has 0 radical (unpaired) electrons. The van der Waals surface area contributed by atoms with Crippen LogP contribution in [0.2, 0.25) is 0 Å². The van der Waals surface area contributed by atoms with Crippen LogP contribution in [0.3, 0.4) is 0 Å². The van der Waals surface area contributed by atoms with E-state index in [4.69, 9.17) is 4.98 Å². The van der Waals surface area contributed by atoms with Crippen LogP contribution < -0.4 is 0 Å². The predicted octanol–water partition coefficient (Wildman–Crippen LogP) is 2.09. The van der Waals surface area contributed by atoms with E-state index in [9.17, 15) is 0 Å². The molecular weight excluding hydrogens is 250 g/mol. The average molecular weight is 269 g/mol. The second-order valence-electron chi connectivity index (χ2n) is 5.17. The Morgan fingerprint density at radius 2 is 2.05 bits per heavy atom. The third-order valence-corrected chi connectivity index (χ3v) is 3.67. The SMILES string of the molecule is CCCCN1CCc2cnc(-c3cncnc3)nc2C1. The summed E-state index contributed by atoms with van der Waals surface area (Å²) in [5.41, 5.74) is 3.31. The second kappa shape index (κ2) is 6.05. The Balaban J connectivity index is 1.82. The molecule has 0 amide bonds. The molecule has 2 aromatic heterocycles. The van der Waals surface area contributed by atoms with E-state index in [1.54, 1.807) is 12.4 Å². The summed E-state index contributed by atoms with van der Waals surface area (Å²) in [7, 11) is 0. The van der Waals surface area contributed by atoms with E-state index in [0.29, 0.717) is 0 Å². The Bertz CT molecular complexity index is 570. The molecule has 0 fully saturated rings. The number of rotatable bonds is 4. The molecule has 3 heterocycles. The van der Waals surface area contributed by atoms with Crippen molar-refractivity contribution in [3.05, 3.63) is 36.2 Å². The largest absolute Gasteiger partial charge is 0.297 e. The smallest absolute Gasteiger partial charge is 0.162 e. The molecular formula is C15H19N5. The van der Waals surface area contributed by atoms with E-state index in [-0.39, 0.29) is 0 Å². The topological polar surface area (TPSA) is 54.8 Å². The van der Waals surface area contributed by atoms with Gasteiger partial charge < -0.3 is 0 Å². The number of aromatic nitrogens is 4. The lowest BCUT2D eigenvalue weighted by Crippen LogP contribution is -2.32. The molecule has 5 nitrogen and oxygen atoms in total. The van der Waals surface area contributed by atoms with Crippen molar-refractivity contribution in [3.63, 3.8) is 0 Å². The van der Waals surface area contributed by atoms with Crippen LogP contribution >= 0.6 is 0 Å². The van der Waals surface area contributed by atoms with Crippen molar-refractivity contribution in [2.45, 2.75) is 32.7 Å². The minimum absolute atomic E-state index is 0.724. The standard InChI is InChI=1S/C15H19N5/c1-2-3-5-20-6-4-12-9-18-15(19-14(12)10-20)13-7-16-11-17-8-13/h7-9,11H,2-6,10H2,1H3. The number of fused-ring (bicyclic) bond motifs is 1. The van der Waals surface area contributed by atoms with E-state index >= 15 is 0 Å². The Kier molecular flexibility index (Phi) is 3.97. The fourth-order valence-corrected chi connectivity index (χ4v) is 2.48. The Labute approximate surface area is 119 Å². The average Bonchev–Trinajstić information content (AvgIpc) is 2.53. The summed E-state index contributed by atoms with van der Waals surface area (Å²) in [6.45, 7) is 5.43. The van der Waals surface area contributed by atoms with Crippen LogP contribution in [-0.4, -0.2) is 37.9 Å². The van der Waals surface area contributed by atoms with Gasteiger partial charge in [0.05, 0.1) is 11.3 Å². The molecule has 1 aliphatic heterocycles. The first-order chi connectivity index (χ1) is 9.86. The number of hydrogen-bond acceptors (Lipinski definition) is 5. The molecule has 5 heteroatoms. The summed E-state index contributed by atoms with van der Waals surface area (Å²) in [6.07, 6.45) is 10.5. The molecule has 1 aliphatic rings. The van der Waals surface area contributed by atoms with E-state index in [0.717, 1.165) is 43.1 Å². The summed E-state index contributed by atoms with van der Waals surface area (Å²) in [6, 6.07) is 0. The predicted molar refractivity (Wildman–Crippen MR) is 76.9 cm³/mol. The van der Waals surface area contributed by atoms with Gasteiger partial charge in [-0.3, -0.25) is 4.90 Å². The first-order valence-electron chi connectivity index (χ1n) is 7.19. The van der Waals surface area contributed by atoms with Gasteiger partial charge in [-0.2, -0.15) is 0 Å². The van der Waals surface area contributed by atoms with Crippen molar-refractivity contribution in [1.29, 1.82) is 0 Å². The minimum Gasteiger partial charge on any atom is -0.297 e. The van der Waals surface area contributed by atoms with Crippen LogP contribution in [0.5, 0.6) is 0 Å². The fraction of sp³-hybridized carbons (Fsp3) is 0.467. The normalized spacial score (nSPS) is 15.1. The highest BCUT2D eigenvalue weighted by Crippen LogP contribution is 2.20. The molecule has 2 aromatic rings. The molecule has 3 rings (SSSR count). The van der Waals surface area contributed by atoms with Gasteiger partial charge in [0.15, 0.2) is 5.82 Å². The molecule has 0 saturated heterocycles. The van der Waals surface area contributed by atoms with Gasteiger partial charge in [-0.05, 0) is 24.9 Å².